The second kappa shape index (κ2) is 10.1. The van der Waals surface area contributed by atoms with Gasteiger partial charge < -0.3 is 16.8 Å². The topological polar surface area (TPSA) is 137 Å². The fourth-order valence-corrected chi connectivity index (χ4v) is 4.21. The molecule has 3 heterocycles. The van der Waals surface area contributed by atoms with Gasteiger partial charge in [0.2, 0.25) is 5.91 Å². The standard InChI is InChI=1S/C26H25ClN6O2/c1-14-5-24(28)32-15(2)22(14)13-31-26(35)18-9-20(33-21(10-18)11-25(29)34)7-16-3-4-23-17(6-16)8-19(27)12-30-23/h3-6,8-10,12H,7,11,13H2,1-2H3,(H2,28,32)(H2,29,34)(H,31,35). The van der Waals surface area contributed by atoms with Gasteiger partial charge in [-0.05, 0) is 66.9 Å². The Morgan fingerprint density at radius 1 is 1.03 bits per heavy atom. The van der Waals surface area contributed by atoms with Crippen molar-refractivity contribution in [3.8, 4) is 0 Å². The first kappa shape index (κ1) is 24.1. The lowest BCUT2D eigenvalue weighted by atomic mass is 10.0. The van der Waals surface area contributed by atoms with Gasteiger partial charge in [-0.1, -0.05) is 17.7 Å². The van der Waals surface area contributed by atoms with Gasteiger partial charge in [-0.3, -0.25) is 19.6 Å². The number of primary amides is 1. The number of benzene rings is 1. The third kappa shape index (κ3) is 5.91. The van der Waals surface area contributed by atoms with Crippen LogP contribution in [0.25, 0.3) is 10.9 Å². The number of amides is 2. The molecule has 4 rings (SSSR count). The van der Waals surface area contributed by atoms with Gasteiger partial charge in [0.25, 0.3) is 5.91 Å². The van der Waals surface area contributed by atoms with E-state index in [1.165, 1.54) is 0 Å². The minimum atomic E-state index is -0.522. The molecule has 9 heteroatoms. The van der Waals surface area contributed by atoms with Crippen molar-refractivity contribution in [2.45, 2.75) is 33.2 Å². The molecule has 0 aliphatic heterocycles. The van der Waals surface area contributed by atoms with E-state index >= 15 is 0 Å². The second-order valence-electron chi connectivity index (χ2n) is 8.45. The van der Waals surface area contributed by atoms with Crippen molar-refractivity contribution in [1.29, 1.82) is 0 Å². The molecule has 1 aromatic carbocycles. The minimum absolute atomic E-state index is 0.0640. The highest BCUT2D eigenvalue weighted by molar-refractivity contribution is 6.31. The van der Waals surface area contributed by atoms with Crippen molar-refractivity contribution in [2.24, 2.45) is 5.73 Å². The Morgan fingerprint density at radius 3 is 2.54 bits per heavy atom. The zero-order valence-corrected chi connectivity index (χ0v) is 20.2. The molecular formula is C26H25ClN6O2. The van der Waals surface area contributed by atoms with Crippen molar-refractivity contribution in [3.05, 3.63) is 93.0 Å². The Balaban J connectivity index is 1.60. The molecule has 35 heavy (non-hydrogen) atoms. The summed E-state index contributed by atoms with van der Waals surface area (Å²) < 4.78 is 0. The van der Waals surface area contributed by atoms with E-state index in [0.717, 1.165) is 33.3 Å². The Hall–Kier alpha value is -4.04. The van der Waals surface area contributed by atoms with Gasteiger partial charge in [0.1, 0.15) is 5.82 Å². The molecular weight excluding hydrogens is 464 g/mol. The van der Waals surface area contributed by atoms with E-state index in [4.69, 9.17) is 23.1 Å². The molecule has 0 radical (unpaired) electrons. The van der Waals surface area contributed by atoms with Crippen LogP contribution in [0.15, 0.2) is 48.7 Å². The molecule has 178 valence electrons. The number of rotatable bonds is 7. The van der Waals surface area contributed by atoms with Crippen molar-refractivity contribution < 1.29 is 9.59 Å². The monoisotopic (exact) mass is 488 g/mol. The molecule has 0 bridgehead atoms. The third-order valence-electron chi connectivity index (χ3n) is 5.65. The summed E-state index contributed by atoms with van der Waals surface area (Å²) in [5, 5.41) is 4.39. The molecule has 0 aliphatic carbocycles. The van der Waals surface area contributed by atoms with Gasteiger partial charge in [-0.25, -0.2) is 4.98 Å². The number of carbonyl (C=O) groups is 2. The number of carbonyl (C=O) groups excluding carboxylic acids is 2. The molecule has 0 spiro atoms. The highest BCUT2D eigenvalue weighted by atomic mass is 35.5. The second-order valence-corrected chi connectivity index (χ2v) is 8.89. The number of hydrogen-bond acceptors (Lipinski definition) is 6. The van der Waals surface area contributed by atoms with Gasteiger partial charge in [-0.2, -0.15) is 0 Å². The summed E-state index contributed by atoms with van der Waals surface area (Å²) in [6.45, 7) is 4.08. The zero-order valence-electron chi connectivity index (χ0n) is 19.4. The lowest BCUT2D eigenvalue weighted by Gasteiger charge is -2.13. The SMILES string of the molecule is Cc1cc(N)nc(C)c1CNC(=O)c1cc(CC(N)=O)nc(Cc2ccc3ncc(Cl)cc3c2)c1. The van der Waals surface area contributed by atoms with Crippen molar-refractivity contribution in [2.75, 3.05) is 5.73 Å². The van der Waals surface area contributed by atoms with Gasteiger partial charge in [0, 0.05) is 41.5 Å². The lowest BCUT2D eigenvalue weighted by Crippen LogP contribution is -2.25. The zero-order chi connectivity index (χ0) is 25.1. The van der Waals surface area contributed by atoms with Gasteiger partial charge >= 0.3 is 0 Å². The van der Waals surface area contributed by atoms with E-state index in [1.807, 2.05) is 38.1 Å². The van der Waals surface area contributed by atoms with E-state index in [9.17, 15) is 9.59 Å². The molecule has 0 saturated carbocycles. The largest absolute Gasteiger partial charge is 0.384 e. The van der Waals surface area contributed by atoms with Crippen LogP contribution in [-0.2, 0) is 24.2 Å². The Labute approximate surface area is 207 Å². The summed E-state index contributed by atoms with van der Waals surface area (Å²) in [5.41, 5.74) is 17.1. The van der Waals surface area contributed by atoms with E-state index in [0.29, 0.717) is 40.8 Å². The fraction of sp³-hybridized carbons (Fsp3) is 0.192. The van der Waals surface area contributed by atoms with E-state index < -0.39 is 5.91 Å². The Kier molecular flexibility index (Phi) is 6.93. The fourth-order valence-electron chi connectivity index (χ4n) is 4.04. The molecule has 4 aromatic rings. The lowest BCUT2D eigenvalue weighted by molar-refractivity contribution is -0.117. The molecule has 0 atom stereocenters. The Morgan fingerprint density at radius 2 is 1.80 bits per heavy atom. The summed E-state index contributed by atoms with van der Waals surface area (Å²) in [6.07, 6.45) is 1.99. The average Bonchev–Trinajstić information content (AvgIpc) is 2.77. The first-order valence-corrected chi connectivity index (χ1v) is 11.4. The number of pyridine rings is 3. The molecule has 0 saturated heterocycles. The first-order valence-electron chi connectivity index (χ1n) is 11.0. The van der Waals surface area contributed by atoms with Crippen molar-refractivity contribution >= 4 is 40.1 Å². The van der Waals surface area contributed by atoms with E-state index in [2.05, 4.69) is 20.3 Å². The van der Waals surface area contributed by atoms with Crippen LogP contribution < -0.4 is 16.8 Å². The first-order chi connectivity index (χ1) is 16.7. The summed E-state index contributed by atoms with van der Waals surface area (Å²) in [5.74, 6) is -0.368. The quantitative estimate of drug-likeness (QED) is 0.364. The maximum Gasteiger partial charge on any atom is 0.251 e. The predicted molar refractivity (Wildman–Crippen MR) is 136 cm³/mol. The number of nitrogens with two attached hydrogens (primary N) is 2. The summed E-state index contributed by atoms with van der Waals surface area (Å²) in [6, 6.07) is 12.8. The molecule has 5 N–H and O–H groups in total. The molecule has 0 fully saturated rings. The average molecular weight is 489 g/mol. The third-order valence-corrected chi connectivity index (χ3v) is 5.85. The molecule has 0 aliphatic rings. The number of aromatic nitrogens is 3. The normalized spacial score (nSPS) is 10.9. The number of nitrogens with zero attached hydrogens (tertiary/aromatic N) is 3. The van der Waals surface area contributed by atoms with Crippen LogP contribution in [0.1, 0.15) is 44.1 Å². The number of aryl methyl sites for hydroxylation is 2. The van der Waals surface area contributed by atoms with Crippen LogP contribution >= 0.6 is 11.6 Å². The molecule has 0 unspecified atom stereocenters. The highest BCUT2D eigenvalue weighted by Crippen LogP contribution is 2.21. The van der Waals surface area contributed by atoms with Gasteiger partial charge in [-0.15, -0.1) is 0 Å². The molecule has 8 nitrogen and oxygen atoms in total. The van der Waals surface area contributed by atoms with Crippen molar-refractivity contribution in [3.63, 3.8) is 0 Å². The number of anilines is 1. The molecule has 3 aromatic heterocycles. The summed E-state index contributed by atoms with van der Waals surface area (Å²) >= 11 is 6.08. The van der Waals surface area contributed by atoms with Crippen LogP contribution in [0.3, 0.4) is 0 Å². The Bertz CT molecular complexity index is 1430. The number of halogens is 1. The van der Waals surface area contributed by atoms with Crippen LogP contribution in [-0.4, -0.2) is 26.8 Å². The minimum Gasteiger partial charge on any atom is -0.384 e. The number of fused-ring (bicyclic) bond motifs is 1. The predicted octanol–water partition coefficient (Wildman–Crippen LogP) is 3.43. The molecule has 2 amide bonds. The van der Waals surface area contributed by atoms with Crippen LogP contribution in [0.2, 0.25) is 5.02 Å². The van der Waals surface area contributed by atoms with Crippen LogP contribution in [0.4, 0.5) is 5.82 Å². The summed E-state index contributed by atoms with van der Waals surface area (Å²) in [7, 11) is 0. The van der Waals surface area contributed by atoms with E-state index in [-0.39, 0.29) is 12.3 Å². The van der Waals surface area contributed by atoms with Crippen molar-refractivity contribution in [1.82, 2.24) is 20.3 Å². The number of nitrogens with one attached hydrogen (secondary N) is 1. The smallest absolute Gasteiger partial charge is 0.251 e. The summed E-state index contributed by atoms with van der Waals surface area (Å²) in [4.78, 5) is 37.7. The van der Waals surface area contributed by atoms with Gasteiger partial charge in [0.05, 0.1) is 22.7 Å². The maximum atomic E-state index is 13.0. The highest BCUT2D eigenvalue weighted by Gasteiger charge is 2.14. The van der Waals surface area contributed by atoms with Crippen LogP contribution in [0.5, 0.6) is 0 Å². The number of nitrogen functional groups attached to an aromatic ring is 1. The maximum absolute atomic E-state index is 13.0. The number of hydrogen-bond donors (Lipinski definition) is 3. The van der Waals surface area contributed by atoms with Crippen LogP contribution in [0, 0.1) is 13.8 Å². The van der Waals surface area contributed by atoms with Gasteiger partial charge in [0.15, 0.2) is 0 Å². The van der Waals surface area contributed by atoms with E-state index in [1.54, 1.807) is 24.4 Å².